The third-order valence-electron chi connectivity index (χ3n) is 2.95. The van der Waals surface area contributed by atoms with Crippen LogP contribution in [0.4, 0.5) is 5.69 Å². The molecule has 1 amide bonds. The van der Waals surface area contributed by atoms with Crippen molar-refractivity contribution in [3.05, 3.63) is 59.9 Å². The number of benzene rings is 2. The van der Waals surface area contributed by atoms with Gasteiger partial charge in [0.25, 0.3) is 5.91 Å². The van der Waals surface area contributed by atoms with Crippen LogP contribution in [-0.4, -0.2) is 32.7 Å². The van der Waals surface area contributed by atoms with E-state index >= 15 is 0 Å². The Labute approximate surface area is 136 Å². The van der Waals surface area contributed by atoms with Crippen LogP contribution in [0, 0.1) is 0 Å². The minimum atomic E-state index is -0.255. The fourth-order valence-corrected chi connectivity index (χ4v) is 1.98. The van der Waals surface area contributed by atoms with Crippen molar-refractivity contribution in [2.45, 2.75) is 0 Å². The lowest BCUT2D eigenvalue weighted by Gasteiger charge is -2.08. The van der Waals surface area contributed by atoms with Gasteiger partial charge in [0.2, 0.25) is 0 Å². The summed E-state index contributed by atoms with van der Waals surface area (Å²) in [6.45, 7) is -0.0869. The van der Waals surface area contributed by atoms with Gasteiger partial charge >= 0.3 is 0 Å². The Bertz CT molecular complexity index is 773. The van der Waals surface area contributed by atoms with Gasteiger partial charge in [0.15, 0.2) is 6.61 Å². The second-order valence-electron chi connectivity index (χ2n) is 4.59. The van der Waals surface area contributed by atoms with E-state index in [0.717, 1.165) is 5.69 Å². The quantitative estimate of drug-likeness (QED) is 0.777. The molecular formula is C15H12ClN5O2. The van der Waals surface area contributed by atoms with Gasteiger partial charge in [0.1, 0.15) is 12.1 Å². The number of anilines is 1. The van der Waals surface area contributed by atoms with Crippen LogP contribution in [-0.2, 0) is 4.79 Å². The molecule has 1 heterocycles. The number of hydrogen-bond acceptors (Lipinski definition) is 5. The molecule has 0 saturated heterocycles. The minimum absolute atomic E-state index is 0.0869. The first kappa shape index (κ1) is 15.0. The van der Waals surface area contributed by atoms with Crippen LogP contribution in [0.2, 0.25) is 5.02 Å². The lowest BCUT2D eigenvalue weighted by Crippen LogP contribution is -2.20. The highest BCUT2D eigenvalue weighted by Gasteiger charge is 2.05. The van der Waals surface area contributed by atoms with E-state index in [1.165, 1.54) is 11.0 Å². The Balaban J connectivity index is 1.54. The number of halogens is 1. The van der Waals surface area contributed by atoms with E-state index in [0.29, 0.717) is 16.5 Å². The summed E-state index contributed by atoms with van der Waals surface area (Å²) in [7, 11) is 0. The molecule has 1 N–H and O–H groups in total. The minimum Gasteiger partial charge on any atom is -0.484 e. The molecule has 0 fully saturated rings. The fourth-order valence-electron chi connectivity index (χ4n) is 1.85. The molecule has 0 bridgehead atoms. The molecule has 23 heavy (non-hydrogen) atoms. The molecule has 0 atom stereocenters. The monoisotopic (exact) mass is 329 g/mol. The summed E-state index contributed by atoms with van der Waals surface area (Å²) in [4.78, 5) is 11.9. The maximum Gasteiger partial charge on any atom is 0.262 e. The highest BCUT2D eigenvalue weighted by Crippen LogP contribution is 2.16. The third kappa shape index (κ3) is 4.04. The van der Waals surface area contributed by atoms with Gasteiger partial charge in [0, 0.05) is 10.7 Å². The number of nitrogens with zero attached hydrogens (tertiary/aromatic N) is 4. The van der Waals surface area contributed by atoms with Gasteiger partial charge in [-0.05, 0) is 59.0 Å². The summed E-state index contributed by atoms with van der Waals surface area (Å²) in [6, 6.07) is 13.9. The molecule has 1 aromatic heterocycles. The summed E-state index contributed by atoms with van der Waals surface area (Å²) >= 11 is 5.78. The zero-order valence-corrected chi connectivity index (χ0v) is 12.6. The number of carbonyl (C=O) groups is 1. The van der Waals surface area contributed by atoms with Crippen molar-refractivity contribution in [2.75, 3.05) is 11.9 Å². The predicted octanol–water partition coefficient (Wildman–Crippen LogP) is 2.33. The molecule has 0 saturated carbocycles. The predicted molar refractivity (Wildman–Crippen MR) is 84.7 cm³/mol. The Morgan fingerprint density at radius 2 is 1.87 bits per heavy atom. The van der Waals surface area contributed by atoms with Gasteiger partial charge in [-0.25, -0.2) is 4.68 Å². The molecule has 2 aromatic carbocycles. The topological polar surface area (TPSA) is 81.9 Å². The number of amides is 1. The lowest BCUT2D eigenvalue weighted by molar-refractivity contribution is -0.118. The van der Waals surface area contributed by atoms with Crippen molar-refractivity contribution in [3.63, 3.8) is 0 Å². The van der Waals surface area contributed by atoms with Gasteiger partial charge in [-0.3, -0.25) is 4.79 Å². The molecule has 116 valence electrons. The zero-order chi connectivity index (χ0) is 16.1. The van der Waals surface area contributed by atoms with Gasteiger partial charge in [0.05, 0.1) is 5.69 Å². The zero-order valence-electron chi connectivity index (χ0n) is 11.9. The number of rotatable bonds is 5. The van der Waals surface area contributed by atoms with Gasteiger partial charge in [-0.2, -0.15) is 0 Å². The summed E-state index contributed by atoms with van der Waals surface area (Å²) < 4.78 is 6.90. The molecule has 0 aliphatic heterocycles. The Kier molecular flexibility index (Phi) is 4.49. The smallest absolute Gasteiger partial charge is 0.262 e. The Hall–Kier alpha value is -2.93. The molecule has 8 heteroatoms. The number of hydrogen-bond donors (Lipinski definition) is 1. The van der Waals surface area contributed by atoms with E-state index in [4.69, 9.17) is 16.3 Å². The van der Waals surface area contributed by atoms with Crippen molar-refractivity contribution in [3.8, 4) is 11.4 Å². The highest BCUT2D eigenvalue weighted by atomic mass is 35.5. The second-order valence-corrected chi connectivity index (χ2v) is 5.03. The summed E-state index contributed by atoms with van der Waals surface area (Å²) in [6.07, 6.45) is 1.49. The van der Waals surface area contributed by atoms with Crippen LogP contribution < -0.4 is 10.1 Å². The average molecular weight is 330 g/mol. The molecule has 0 unspecified atom stereocenters. The van der Waals surface area contributed by atoms with E-state index < -0.39 is 0 Å². The van der Waals surface area contributed by atoms with Gasteiger partial charge < -0.3 is 10.1 Å². The van der Waals surface area contributed by atoms with Crippen LogP contribution in [0.3, 0.4) is 0 Å². The number of ether oxygens (including phenoxy) is 1. The van der Waals surface area contributed by atoms with Gasteiger partial charge in [-0.15, -0.1) is 5.10 Å². The van der Waals surface area contributed by atoms with Crippen LogP contribution in [0.15, 0.2) is 54.9 Å². The molecule has 0 spiro atoms. The SMILES string of the molecule is O=C(COc1ccc(Cl)cc1)Nc1ccc(-n2cnnn2)cc1. The summed E-state index contributed by atoms with van der Waals surface area (Å²) in [5.41, 5.74) is 1.46. The molecule has 0 aliphatic rings. The molecule has 0 aliphatic carbocycles. The highest BCUT2D eigenvalue weighted by molar-refractivity contribution is 6.30. The molecule has 0 radical (unpaired) electrons. The standard InChI is InChI=1S/C15H12ClN5O2/c16-11-1-7-14(8-2-11)23-9-15(22)18-12-3-5-13(6-4-12)21-10-17-19-20-21/h1-8,10H,9H2,(H,18,22). The maximum atomic E-state index is 11.9. The van der Waals surface area contributed by atoms with Crippen molar-refractivity contribution >= 4 is 23.2 Å². The second kappa shape index (κ2) is 6.89. The third-order valence-corrected chi connectivity index (χ3v) is 3.20. The molecular weight excluding hydrogens is 318 g/mol. The van der Waals surface area contributed by atoms with E-state index in [9.17, 15) is 4.79 Å². The van der Waals surface area contributed by atoms with Crippen LogP contribution in [0.25, 0.3) is 5.69 Å². The van der Waals surface area contributed by atoms with Gasteiger partial charge in [-0.1, -0.05) is 11.6 Å². The Morgan fingerprint density at radius 3 is 2.52 bits per heavy atom. The summed E-state index contributed by atoms with van der Waals surface area (Å²) in [5, 5.41) is 14.3. The summed E-state index contributed by atoms with van der Waals surface area (Å²) in [5.74, 6) is 0.328. The first-order valence-electron chi connectivity index (χ1n) is 6.72. The Morgan fingerprint density at radius 1 is 1.13 bits per heavy atom. The lowest BCUT2D eigenvalue weighted by atomic mass is 10.3. The van der Waals surface area contributed by atoms with Crippen molar-refractivity contribution in [2.24, 2.45) is 0 Å². The molecule has 3 rings (SSSR count). The number of aromatic nitrogens is 4. The van der Waals surface area contributed by atoms with E-state index in [1.54, 1.807) is 48.5 Å². The van der Waals surface area contributed by atoms with Crippen molar-refractivity contribution in [1.82, 2.24) is 20.2 Å². The van der Waals surface area contributed by atoms with Crippen LogP contribution in [0.1, 0.15) is 0 Å². The normalized spacial score (nSPS) is 10.3. The largest absolute Gasteiger partial charge is 0.484 e. The number of tetrazole rings is 1. The molecule has 7 nitrogen and oxygen atoms in total. The molecule has 3 aromatic rings. The van der Waals surface area contributed by atoms with E-state index in [2.05, 4.69) is 20.8 Å². The van der Waals surface area contributed by atoms with Crippen molar-refractivity contribution < 1.29 is 9.53 Å². The van der Waals surface area contributed by atoms with Crippen LogP contribution in [0.5, 0.6) is 5.75 Å². The van der Waals surface area contributed by atoms with Crippen molar-refractivity contribution in [1.29, 1.82) is 0 Å². The average Bonchev–Trinajstić information content (AvgIpc) is 3.09. The van der Waals surface area contributed by atoms with E-state index in [1.807, 2.05) is 0 Å². The fraction of sp³-hybridized carbons (Fsp3) is 0.0667. The van der Waals surface area contributed by atoms with E-state index in [-0.39, 0.29) is 12.5 Å². The number of nitrogens with one attached hydrogen (secondary N) is 1. The maximum absolute atomic E-state index is 11.9. The first-order chi connectivity index (χ1) is 11.2. The van der Waals surface area contributed by atoms with Crippen LogP contribution >= 0.6 is 11.6 Å². The number of carbonyl (C=O) groups excluding carboxylic acids is 1. The first-order valence-corrected chi connectivity index (χ1v) is 7.10.